The van der Waals surface area contributed by atoms with E-state index in [1.54, 1.807) is 73.7 Å². The van der Waals surface area contributed by atoms with Crippen molar-refractivity contribution in [1.82, 2.24) is 4.31 Å². The van der Waals surface area contributed by atoms with E-state index in [0.717, 1.165) is 9.87 Å². The number of nitrogens with zero attached hydrogens (tertiary/aromatic N) is 1. The van der Waals surface area contributed by atoms with Crippen LogP contribution in [0.15, 0.2) is 96.6 Å². The van der Waals surface area contributed by atoms with Crippen molar-refractivity contribution in [1.29, 1.82) is 0 Å². The van der Waals surface area contributed by atoms with E-state index < -0.39 is 48.2 Å². The van der Waals surface area contributed by atoms with Gasteiger partial charge in [0.15, 0.2) is 6.10 Å². The molecule has 3 aromatic carbocycles. The minimum absolute atomic E-state index is 0.284. The first-order valence-corrected chi connectivity index (χ1v) is 16.7. The third kappa shape index (κ3) is 8.11. The van der Waals surface area contributed by atoms with Crippen molar-refractivity contribution >= 4 is 30.0 Å². The molecule has 0 heterocycles. The number of esters is 1. The number of benzene rings is 3. The third-order valence-electron chi connectivity index (χ3n) is 6.55. The van der Waals surface area contributed by atoms with Crippen LogP contribution in [0.1, 0.15) is 36.6 Å². The van der Waals surface area contributed by atoms with Crippen LogP contribution in [-0.2, 0) is 38.7 Å². The molecule has 41 heavy (non-hydrogen) atoms. The van der Waals surface area contributed by atoms with Crippen molar-refractivity contribution < 1.29 is 36.2 Å². The molecule has 4 atom stereocenters. The van der Waals surface area contributed by atoms with Crippen LogP contribution in [0.3, 0.4) is 0 Å². The van der Waals surface area contributed by atoms with Gasteiger partial charge in [0.05, 0.1) is 12.3 Å². The lowest BCUT2D eigenvalue weighted by Gasteiger charge is -2.34. The summed E-state index contributed by atoms with van der Waals surface area (Å²) in [4.78, 5) is 13.5. The van der Waals surface area contributed by atoms with E-state index in [1.165, 1.54) is 14.0 Å². The van der Waals surface area contributed by atoms with Gasteiger partial charge in [0.2, 0.25) is 0 Å². The molecule has 0 radical (unpaired) electrons. The summed E-state index contributed by atoms with van der Waals surface area (Å²) >= 11 is 0. The second-order valence-electron chi connectivity index (χ2n) is 9.60. The molecule has 0 aliphatic rings. The Bertz CT molecular complexity index is 1530. The average molecular weight is 602 g/mol. The fourth-order valence-corrected chi connectivity index (χ4v) is 7.07. The van der Waals surface area contributed by atoms with Crippen LogP contribution < -0.4 is 0 Å². The zero-order chi connectivity index (χ0) is 30.2. The van der Waals surface area contributed by atoms with Gasteiger partial charge >= 0.3 is 15.0 Å². The van der Waals surface area contributed by atoms with Gasteiger partial charge in [-0.05, 0) is 36.1 Å². The highest BCUT2D eigenvalue weighted by molar-refractivity contribution is 8.66. The van der Waals surface area contributed by atoms with Crippen molar-refractivity contribution in [2.24, 2.45) is 0 Å². The van der Waals surface area contributed by atoms with Crippen LogP contribution in [0, 0.1) is 0 Å². The number of rotatable bonds is 13. The number of ether oxygens (including phenoxy) is 2. The normalized spacial score (nSPS) is 15.6. The van der Waals surface area contributed by atoms with E-state index in [0.29, 0.717) is 23.0 Å². The van der Waals surface area contributed by atoms with E-state index in [4.69, 9.17) is 9.47 Å². The molecule has 0 amide bonds. The molecule has 0 unspecified atom stereocenters. The Morgan fingerprint density at radius 3 is 1.93 bits per heavy atom. The van der Waals surface area contributed by atoms with Gasteiger partial charge in [-0.3, -0.25) is 0 Å². The maximum absolute atomic E-state index is 13.5. The van der Waals surface area contributed by atoms with Crippen molar-refractivity contribution in [3.8, 4) is 0 Å². The highest BCUT2D eigenvalue weighted by Crippen LogP contribution is 2.31. The minimum Gasteiger partial charge on any atom is -0.454 e. The SMILES string of the molecule is CO[C@H](C(=O)O[C@@H](c1ccccc1)[C@@H](C)N(Cc1ccccc1)S(=O)(=O)S(C)(=O)=O)[C@H](O)/C(C)=C/c1ccccc1. The fourth-order valence-electron chi connectivity index (χ4n) is 4.29. The zero-order valence-corrected chi connectivity index (χ0v) is 25.0. The standard InChI is InChI=1S/C30H35NO8S2/c1-22(20-24-14-8-5-9-15-24)27(32)29(38-3)30(33)39-28(26-18-12-7-13-19-26)23(2)31(41(36,37)40(4,34)35)21-25-16-10-6-11-17-25/h5-20,23,27-29,32H,21H2,1-4H3/b22-20+/t23-,27-,28-,29+/m1/s1. The Labute approximate surface area is 241 Å². The molecule has 0 bridgehead atoms. The van der Waals surface area contributed by atoms with Crippen LogP contribution in [0.5, 0.6) is 0 Å². The number of aliphatic hydroxyl groups excluding tert-OH is 1. The van der Waals surface area contributed by atoms with Gasteiger partial charge < -0.3 is 14.6 Å². The van der Waals surface area contributed by atoms with Crippen LogP contribution in [0.25, 0.3) is 6.08 Å². The van der Waals surface area contributed by atoms with E-state index in [-0.39, 0.29) is 6.54 Å². The van der Waals surface area contributed by atoms with Gasteiger partial charge in [0.1, 0.15) is 12.2 Å². The second-order valence-corrected chi connectivity index (χ2v) is 15.4. The number of carbonyl (C=O) groups is 1. The summed E-state index contributed by atoms with van der Waals surface area (Å²) in [6, 6.07) is 24.9. The van der Waals surface area contributed by atoms with E-state index in [2.05, 4.69) is 0 Å². The molecule has 0 aliphatic heterocycles. The Morgan fingerprint density at radius 1 is 0.902 bits per heavy atom. The largest absolute Gasteiger partial charge is 0.454 e. The number of aliphatic hydroxyl groups is 1. The zero-order valence-electron chi connectivity index (χ0n) is 23.3. The molecule has 9 nitrogen and oxygen atoms in total. The van der Waals surface area contributed by atoms with Gasteiger partial charge in [0.25, 0.3) is 8.87 Å². The number of hydrogen-bond donors (Lipinski definition) is 1. The summed E-state index contributed by atoms with van der Waals surface area (Å²) in [5.41, 5.74) is 2.22. The summed E-state index contributed by atoms with van der Waals surface area (Å²) in [5.74, 6) is -0.946. The Balaban J connectivity index is 2.00. The summed E-state index contributed by atoms with van der Waals surface area (Å²) in [5, 5.41) is 11.0. The molecule has 0 aromatic heterocycles. The number of hydrogen-bond acceptors (Lipinski definition) is 8. The number of methoxy groups -OCH3 is 1. The molecule has 0 spiro atoms. The molecular weight excluding hydrogens is 566 g/mol. The lowest BCUT2D eigenvalue weighted by atomic mass is 10.0. The van der Waals surface area contributed by atoms with Crippen molar-refractivity contribution in [2.75, 3.05) is 13.4 Å². The predicted octanol–water partition coefficient (Wildman–Crippen LogP) is 3.93. The first-order chi connectivity index (χ1) is 19.4. The van der Waals surface area contributed by atoms with Crippen LogP contribution in [-0.4, -0.2) is 63.8 Å². The smallest absolute Gasteiger partial charge is 0.339 e. The maximum atomic E-state index is 13.5. The summed E-state index contributed by atoms with van der Waals surface area (Å²) in [7, 11) is -8.24. The summed E-state index contributed by atoms with van der Waals surface area (Å²) in [6.45, 7) is 2.83. The second kappa shape index (κ2) is 14.0. The molecule has 220 valence electrons. The first-order valence-electron chi connectivity index (χ1n) is 12.8. The lowest BCUT2D eigenvalue weighted by Crippen LogP contribution is -2.46. The van der Waals surface area contributed by atoms with Crippen molar-refractivity contribution in [3.63, 3.8) is 0 Å². The van der Waals surface area contributed by atoms with Gasteiger partial charge in [0, 0.05) is 13.7 Å². The molecule has 0 saturated carbocycles. The van der Waals surface area contributed by atoms with Gasteiger partial charge in [-0.1, -0.05) is 97.1 Å². The van der Waals surface area contributed by atoms with Gasteiger partial charge in [-0.15, -0.1) is 0 Å². The average Bonchev–Trinajstić information content (AvgIpc) is 2.95. The Kier molecular flexibility index (Phi) is 11.0. The van der Waals surface area contributed by atoms with Crippen LogP contribution >= 0.6 is 0 Å². The monoisotopic (exact) mass is 601 g/mol. The highest BCUT2D eigenvalue weighted by Gasteiger charge is 2.42. The van der Waals surface area contributed by atoms with E-state index in [1.807, 2.05) is 30.3 Å². The molecule has 0 aliphatic carbocycles. The molecule has 1 N–H and O–H groups in total. The highest BCUT2D eigenvalue weighted by atomic mass is 33.2. The van der Waals surface area contributed by atoms with Crippen molar-refractivity contribution in [2.45, 2.75) is 44.7 Å². The molecular formula is C30H35NO8S2. The topological polar surface area (TPSA) is 127 Å². The van der Waals surface area contributed by atoms with Gasteiger partial charge in [-0.2, -0.15) is 12.7 Å². The van der Waals surface area contributed by atoms with Crippen molar-refractivity contribution in [3.05, 3.63) is 113 Å². The summed E-state index contributed by atoms with van der Waals surface area (Å²) in [6.07, 6.45) is -1.73. The van der Waals surface area contributed by atoms with E-state index >= 15 is 0 Å². The summed E-state index contributed by atoms with van der Waals surface area (Å²) < 4.78 is 63.5. The minimum atomic E-state index is -4.89. The fraction of sp³-hybridized carbons (Fsp3) is 0.300. The number of carbonyl (C=O) groups excluding carboxylic acids is 1. The molecule has 3 rings (SSSR count). The van der Waals surface area contributed by atoms with E-state index in [9.17, 15) is 26.7 Å². The predicted molar refractivity (Wildman–Crippen MR) is 157 cm³/mol. The molecule has 3 aromatic rings. The Morgan fingerprint density at radius 2 is 1.41 bits per heavy atom. The Hall–Kier alpha value is -3.35. The molecule has 0 saturated heterocycles. The quantitative estimate of drug-likeness (QED) is 0.231. The van der Waals surface area contributed by atoms with Crippen LogP contribution in [0.4, 0.5) is 0 Å². The first kappa shape index (κ1) is 32.2. The molecule has 0 fully saturated rings. The lowest BCUT2D eigenvalue weighted by molar-refractivity contribution is -0.169. The van der Waals surface area contributed by atoms with Crippen LogP contribution in [0.2, 0.25) is 0 Å². The van der Waals surface area contributed by atoms with Gasteiger partial charge in [-0.25, -0.2) is 13.2 Å². The maximum Gasteiger partial charge on any atom is 0.339 e. The third-order valence-corrected chi connectivity index (χ3v) is 11.2. The molecule has 11 heteroatoms.